The lowest BCUT2D eigenvalue weighted by Gasteiger charge is -2.34. The van der Waals surface area contributed by atoms with Crippen molar-refractivity contribution in [2.24, 2.45) is 5.73 Å². The van der Waals surface area contributed by atoms with E-state index < -0.39 is 0 Å². The highest BCUT2D eigenvalue weighted by Gasteiger charge is 2.29. The Morgan fingerprint density at radius 1 is 1.30 bits per heavy atom. The van der Waals surface area contributed by atoms with E-state index in [9.17, 15) is 4.79 Å². The number of aromatic nitrogens is 3. The molecule has 1 saturated heterocycles. The van der Waals surface area contributed by atoms with Gasteiger partial charge in [0.25, 0.3) is 5.91 Å². The number of amides is 1. The van der Waals surface area contributed by atoms with E-state index >= 15 is 0 Å². The number of rotatable bonds is 5. The van der Waals surface area contributed by atoms with Crippen LogP contribution in [0.15, 0.2) is 24.3 Å². The van der Waals surface area contributed by atoms with Gasteiger partial charge in [-0.1, -0.05) is 5.21 Å². The summed E-state index contributed by atoms with van der Waals surface area (Å²) >= 11 is 0. The molecule has 1 fully saturated rings. The van der Waals surface area contributed by atoms with Gasteiger partial charge in [-0.3, -0.25) is 4.79 Å². The van der Waals surface area contributed by atoms with Crippen molar-refractivity contribution in [2.45, 2.75) is 52.2 Å². The van der Waals surface area contributed by atoms with Gasteiger partial charge in [0.05, 0.1) is 17.5 Å². The number of carbonyl (C=O) groups is 1. The summed E-state index contributed by atoms with van der Waals surface area (Å²) in [6, 6.07) is 7.71. The van der Waals surface area contributed by atoms with Gasteiger partial charge in [-0.05, 0) is 64.3 Å². The van der Waals surface area contributed by atoms with Gasteiger partial charge in [-0.25, -0.2) is 4.68 Å². The number of ether oxygens (including phenoxy) is 1. The van der Waals surface area contributed by atoms with E-state index in [0.29, 0.717) is 12.2 Å². The minimum Gasteiger partial charge on any atom is -0.491 e. The van der Waals surface area contributed by atoms with Crippen molar-refractivity contribution in [3.05, 3.63) is 35.7 Å². The molecule has 1 atom stereocenters. The molecule has 2 N–H and O–H groups in total. The zero-order valence-corrected chi connectivity index (χ0v) is 16.9. The van der Waals surface area contributed by atoms with Crippen molar-refractivity contribution < 1.29 is 9.53 Å². The summed E-state index contributed by atoms with van der Waals surface area (Å²) in [6.45, 7) is 7.06. The lowest BCUT2D eigenvalue weighted by molar-refractivity contribution is 0.0616. The number of carbonyl (C=O) groups excluding carboxylic acids is 1. The van der Waals surface area contributed by atoms with Crippen molar-refractivity contribution >= 4 is 18.3 Å². The van der Waals surface area contributed by atoms with Crippen LogP contribution in [0.5, 0.6) is 5.75 Å². The number of hydrogen-bond acceptors (Lipinski definition) is 5. The minimum absolute atomic E-state index is 0. The molecule has 148 valence electrons. The maximum Gasteiger partial charge on any atom is 0.276 e. The van der Waals surface area contributed by atoms with Gasteiger partial charge in [-0.2, -0.15) is 0 Å². The molecule has 0 saturated carbocycles. The third kappa shape index (κ3) is 4.59. The number of benzene rings is 1. The van der Waals surface area contributed by atoms with Crippen LogP contribution in [0.4, 0.5) is 0 Å². The molecule has 0 radical (unpaired) electrons. The van der Waals surface area contributed by atoms with Gasteiger partial charge < -0.3 is 15.4 Å². The van der Waals surface area contributed by atoms with Crippen LogP contribution in [0.1, 0.15) is 49.3 Å². The molecule has 2 aromatic rings. The predicted molar refractivity (Wildman–Crippen MR) is 107 cm³/mol. The zero-order valence-electron chi connectivity index (χ0n) is 16.1. The normalized spacial score (nSPS) is 16.9. The van der Waals surface area contributed by atoms with E-state index in [4.69, 9.17) is 10.5 Å². The number of hydrogen-bond donors (Lipinski definition) is 1. The number of halogens is 1. The van der Waals surface area contributed by atoms with E-state index in [0.717, 1.165) is 42.9 Å². The third-order valence-electron chi connectivity index (χ3n) is 4.71. The summed E-state index contributed by atoms with van der Waals surface area (Å²) in [5.74, 6) is 0.723. The molecule has 0 spiro atoms. The lowest BCUT2D eigenvalue weighted by atomic mass is 10.0. The fourth-order valence-corrected chi connectivity index (χ4v) is 3.36. The second kappa shape index (κ2) is 9.19. The summed E-state index contributed by atoms with van der Waals surface area (Å²) < 4.78 is 7.35. The molecule has 8 heteroatoms. The van der Waals surface area contributed by atoms with Crippen LogP contribution < -0.4 is 10.5 Å². The van der Waals surface area contributed by atoms with Crippen LogP contribution in [-0.2, 0) is 0 Å². The van der Waals surface area contributed by atoms with Gasteiger partial charge in [0.2, 0.25) is 0 Å². The molecule has 27 heavy (non-hydrogen) atoms. The SMILES string of the molecule is Cc1c(C(=O)N2CCCCC2CN)nnn1-c1ccc(OC(C)C)cc1.Cl. The van der Waals surface area contributed by atoms with Gasteiger partial charge in [0.15, 0.2) is 5.69 Å². The van der Waals surface area contributed by atoms with Crippen LogP contribution in [0, 0.1) is 6.92 Å². The first kappa shape index (κ1) is 21.2. The Kier molecular flexibility index (Phi) is 7.21. The maximum absolute atomic E-state index is 12.9. The Labute approximate surface area is 166 Å². The minimum atomic E-state index is -0.0799. The molecule has 1 aromatic heterocycles. The van der Waals surface area contributed by atoms with E-state index in [1.165, 1.54) is 0 Å². The monoisotopic (exact) mass is 393 g/mol. The highest BCUT2D eigenvalue weighted by atomic mass is 35.5. The van der Waals surface area contributed by atoms with Crippen molar-refractivity contribution in [2.75, 3.05) is 13.1 Å². The van der Waals surface area contributed by atoms with Crippen LogP contribution >= 0.6 is 12.4 Å². The van der Waals surface area contributed by atoms with Gasteiger partial charge in [-0.15, -0.1) is 17.5 Å². The Morgan fingerprint density at radius 3 is 2.63 bits per heavy atom. The molecule has 1 amide bonds. The molecule has 0 aliphatic carbocycles. The molecule has 2 heterocycles. The van der Waals surface area contributed by atoms with Crippen molar-refractivity contribution in [3.8, 4) is 11.4 Å². The largest absolute Gasteiger partial charge is 0.491 e. The fraction of sp³-hybridized carbons (Fsp3) is 0.526. The average Bonchev–Trinajstić information content (AvgIpc) is 3.02. The first-order valence-electron chi connectivity index (χ1n) is 9.21. The smallest absolute Gasteiger partial charge is 0.276 e. The van der Waals surface area contributed by atoms with E-state index in [-0.39, 0.29) is 30.5 Å². The van der Waals surface area contributed by atoms with Gasteiger partial charge in [0, 0.05) is 19.1 Å². The van der Waals surface area contributed by atoms with Crippen molar-refractivity contribution in [1.82, 2.24) is 19.9 Å². The second-order valence-corrected chi connectivity index (χ2v) is 6.98. The fourth-order valence-electron chi connectivity index (χ4n) is 3.36. The summed E-state index contributed by atoms with van der Waals surface area (Å²) in [5, 5.41) is 8.35. The summed E-state index contributed by atoms with van der Waals surface area (Å²) in [5.41, 5.74) is 7.82. The van der Waals surface area contributed by atoms with Crippen molar-refractivity contribution in [3.63, 3.8) is 0 Å². The summed E-state index contributed by atoms with van der Waals surface area (Å²) in [4.78, 5) is 14.8. The summed E-state index contributed by atoms with van der Waals surface area (Å²) in [6.07, 6.45) is 3.19. The molecular formula is C19H28ClN5O2. The first-order valence-corrected chi connectivity index (χ1v) is 9.21. The molecule has 3 rings (SSSR count). The highest BCUT2D eigenvalue weighted by Crippen LogP contribution is 2.22. The molecular weight excluding hydrogens is 366 g/mol. The van der Waals surface area contributed by atoms with E-state index in [2.05, 4.69) is 10.3 Å². The number of nitrogens with zero attached hydrogens (tertiary/aromatic N) is 4. The molecule has 0 bridgehead atoms. The number of piperidine rings is 1. The molecule has 1 aliphatic rings. The zero-order chi connectivity index (χ0) is 18.7. The Balaban J connectivity index is 0.00000261. The molecule has 7 nitrogen and oxygen atoms in total. The quantitative estimate of drug-likeness (QED) is 0.843. The topological polar surface area (TPSA) is 86.3 Å². The van der Waals surface area contributed by atoms with Gasteiger partial charge >= 0.3 is 0 Å². The highest BCUT2D eigenvalue weighted by molar-refractivity contribution is 5.93. The first-order chi connectivity index (χ1) is 12.5. The van der Waals surface area contributed by atoms with Crippen molar-refractivity contribution in [1.29, 1.82) is 0 Å². The predicted octanol–water partition coefficient (Wildman–Crippen LogP) is 2.74. The van der Waals surface area contributed by atoms with Crippen LogP contribution in [0.25, 0.3) is 5.69 Å². The summed E-state index contributed by atoms with van der Waals surface area (Å²) in [7, 11) is 0. The molecule has 1 unspecified atom stereocenters. The Hall–Kier alpha value is -2.12. The van der Waals surface area contributed by atoms with Crippen LogP contribution in [-0.4, -0.2) is 51.0 Å². The molecule has 1 aromatic carbocycles. The lowest BCUT2D eigenvalue weighted by Crippen LogP contribution is -2.47. The van der Waals surface area contributed by atoms with E-state index in [1.807, 2.05) is 49.9 Å². The average molecular weight is 394 g/mol. The third-order valence-corrected chi connectivity index (χ3v) is 4.71. The Bertz CT molecular complexity index is 760. The second-order valence-electron chi connectivity index (χ2n) is 6.98. The standard InChI is InChI=1S/C19H27N5O2.ClH/c1-13(2)26-17-9-7-15(8-10-17)24-14(3)18(21-22-24)19(25)23-11-5-4-6-16(23)12-20;/h7-10,13,16H,4-6,11-12,20H2,1-3H3;1H. The Morgan fingerprint density at radius 2 is 2.00 bits per heavy atom. The molecule has 1 aliphatic heterocycles. The van der Waals surface area contributed by atoms with E-state index in [1.54, 1.807) is 4.68 Å². The van der Waals surface area contributed by atoms with Crippen LogP contribution in [0.3, 0.4) is 0 Å². The maximum atomic E-state index is 12.9. The number of likely N-dealkylation sites (tertiary alicyclic amines) is 1. The van der Waals surface area contributed by atoms with Crippen LogP contribution in [0.2, 0.25) is 0 Å². The van der Waals surface area contributed by atoms with Gasteiger partial charge in [0.1, 0.15) is 5.75 Å². The number of nitrogens with two attached hydrogens (primary N) is 1.